The first-order chi connectivity index (χ1) is 7.66. The molecule has 1 unspecified atom stereocenters. The van der Waals surface area contributed by atoms with Crippen LogP contribution in [0.2, 0.25) is 0 Å². The lowest BCUT2D eigenvalue weighted by Gasteiger charge is -2.16. The fraction of sp³-hybridized carbons (Fsp3) is 0.417. The minimum absolute atomic E-state index is 0.371. The van der Waals surface area contributed by atoms with E-state index in [9.17, 15) is 0 Å². The second-order valence-electron chi connectivity index (χ2n) is 4.12. The fourth-order valence-electron chi connectivity index (χ4n) is 1.86. The van der Waals surface area contributed by atoms with Crippen molar-refractivity contribution in [3.8, 4) is 0 Å². The van der Waals surface area contributed by atoms with Crippen LogP contribution in [0.15, 0.2) is 18.2 Å². The van der Waals surface area contributed by atoms with E-state index >= 15 is 0 Å². The molecule has 0 radical (unpaired) electrons. The first kappa shape index (κ1) is 11.4. The monoisotopic (exact) mass is 236 g/mol. The lowest BCUT2D eigenvalue weighted by atomic mass is 10.1. The minimum atomic E-state index is 0.371. The van der Waals surface area contributed by atoms with Crippen LogP contribution in [-0.2, 0) is 4.74 Å². The van der Waals surface area contributed by atoms with Crippen molar-refractivity contribution < 1.29 is 4.74 Å². The SMILES string of the molecule is Cc1ccc(NC2CCOC2)c(C(N)=S)c1. The summed E-state index contributed by atoms with van der Waals surface area (Å²) in [7, 11) is 0. The van der Waals surface area contributed by atoms with Crippen LogP contribution >= 0.6 is 12.2 Å². The number of anilines is 1. The lowest BCUT2D eigenvalue weighted by molar-refractivity contribution is 0.195. The fourth-order valence-corrected chi connectivity index (χ4v) is 2.02. The van der Waals surface area contributed by atoms with Gasteiger partial charge in [-0.15, -0.1) is 0 Å². The Labute approximate surface area is 101 Å². The third-order valence-electron chi connectivity index (χ3n) is 2.73. The molecule has 1 aromatic carbocycles. The standard InChI is InChI=1S/C12H16N2OS/c1-8-2-3-11(10(6-8)12(13)16)14-9-4-5-15-7-9/h2-3,6,9,14H,4-5,7H2,1H3,(H2,13,16). The number of benzene rings is 1. The van der Waals surface area contributed by atoms with Crippen molar-refractivity contribution in [1.29, 1.82) is 0 Å². The molecule has 0 aromatic heterocycles. The zero-order valence-corrected chi connectivity index (χ0v) is 10.1. The number of hydrogen-bond acceptors (Lipinski definition) is 3. The van der Waals surface area contributed by atoms with Gasteiger partial charge in [-0.3, -0.25) is 0 Å². The van der Waals surface area contributed by atoms with Gasteiger partial charge >= 0.3 is 0 Å². The average molecular weight is 236 g/mol. The van der Waals surface area contributed by atoms with Gasteiger partial charge in [-0.2, -0.15) is 0 Å². The van der Waals surface area contributed by atoms with E-state index in [-0.39, 0.29) is 0 Å². The van der Waals surface area contributed by atoms with Gasteiger partial charge in [0.15, 0.2) is 0 Å². The van der Waals surface area contributed by atoms with E-state index in [1.165, 1.54) is 0 Å². The zero-order chi connectivity index (χ0) is 11.5. The second-order valence-corrected chi connectivity index (χ2v) is 4.56. The molecule has 1 fully saturated rings. The van der Waals surface area contributed by atoms with Crippen LogP contribution in [0.3, 0.4) is 0 Å². The Morgan fingerprint density at radius 1 is 1.56 bits per heavy atom. The average Bonchev–Trinajstić information content (AvgIpc) is 2.73. The molecule has 1 aliphatic rings. The summed E-state index contributed by atoms with van der Waals surface area (Å²) >= 11 is 5.06. The summed E-state index contributed by atoms with van der Waals surface area (Å²) in [5, 5.41) is 3.43. The van der Waals surface area contributed by atoms with Crippen LogP contribution in [0.25, 0.3) is 0 Å². The molecule has 86 valence electrons. The molecule has 4 heteroatoms. The van der Waals surface area contributed by atoms with Gasteiger partial charge in [-0.25, -0.2) is 0 Å². The van der Waals surface area contributed by atoms with E-state index in [4.69, 9.17) is 22.7 Å². The van der Waals surface area contributed by atoms with Crippen LogP contribution < -0.4 is 11.1 Å². The molecule has 2 rings (SSSR count). The molecule has 3 N–H and O–H groups in total. The van der Waals surface area contributed by atoms with Crippen LogP contribution in [0.1, 0.15) is 17.5 Å². The highest BCUT2D eigenvalue weighted by molar-refractivity contribution is 7.80. The van der Waals surface area contributed by atoms with Gasteiger partial charge in [0.05, 0.1) is 12.6 Å². The Morgan fingerprint density at radius 2 is 2.38 bits per heavy atom. The highest BCUT2D eigenvalue weighted by atomic mass is 32.1. The Hall–Kier alpha value is -1.13. The highest BCUT2D eigenvalue weighted by Crippen LogP contribution is 2.20. The molecule has 0 saturated carbocycles. The molecule has 16 heavy (non-hydrogen) atoms. The van der Waals surface area contributed by atoms with Crippen molar-refractivity contribution in [3.63, 3.8) is 0 Å². The van der Waals surface area contributed by atoms with Crippen molar-refractivity contribution in [1.82, 2.24) is 0 Å². The molecule has 1 heterocycles. The van der Waals surface area contributed by atoms with Crippen molar-refractivity contribution >= 4 is 22.9 Å². The van der Waals surface area contributed by atoms with E-state index in [1.807, 2.05) is 19.1 Å². The predicted molar refractivity (Wildman–Crippen MR) is 69.9 cm³/mol. The van der Waals surface area contributed by atoms with Gasteiger partial charge in [0.25, 0.3) is 0 Å². The summed E-state index contributed by atoms with van der Waals surface area (Å²) in [6.07, 6.45) is 1.03. The van der Waals surface area contributed by atoms with Crippen LogP contribution in [-0.4, -0.2) is 24.2 Å². The van der Waals surface area contributed by atoms with E-state index in [0.717, 1.165) is 36.4 Å². The molecular weight excluding hydrogens is 220 g/mol. The number of thiocarbonyl (C=S) groups is 1. The maximum atomic E-state index is 5.72. The van der Waals surface area contributed by atoms with Crippen molar-refractivity contribution in [2.75, 3.05) is 18.5 Å². The Kier molecular flexibility index (Phi) is 3.41. The minimum Gasteiger partial charge on any atom is -0.389 e. The predicted octanol–water partition coefficient (Wildman–Crippen LogP) is 1.83. The third-order valence-corrected chi connectivity index (χ3v) is 2.95. The summed E-state index contributed by atoms with van der Waals surface area (Å²) in [6, 6.07) is 6.47. The highest BCUT2D eigenvalue weighted by Gasteiger charge is 2.16. The van der Waals surface area contributed by atoms with E-state index in [1.54, 1.807) is 0 Å². The summed E-state index contributed by atoms with van der Waals surface area (Å²) in [5.41, 5.74) is 8.81. The smallest absolute Gasteiger partial charge is 0.106 e. The quantitative estimate of drug-likeness (QED) is 0.786. The van der Waals surface area contributed by atoms with E-state index in [0.29, 0.717) is 11.0 Å². The summed E-state index contributed by atoms with van der Waals surface area (Å²) in [4.78, 5) is 0.435. The summed E-state index contributed by atoms with van der Waals surface area (Å²) < 4.78 is 5.33. The van der Waals surface area contributed by atoms with Crippen molar-refractivity contribution in [2.45, 2.75) is 19.4 Å². The molecule has 0 bridgehead atoms. The molecule has 1 atom stereocenters. The molecule has 3 nitrogen and oxygen atoms in total. The number of aryl methyl sites for hydroxylation is 1. The lowest BCUT2D eigenvalue weighted by Crippen LogP contribution is -2.22. The topological polar surface area (TPSA) is 47.3 Å². The summed E-state index contributed by atoms with van der Waals surface area (Å²) in [5.74, 6) is 0. The molecule has 0 aliphatic carbocycles. The molecular formula is C12H16N2OS. The third kappa shape index (κ3) is 2.51. The molecule has 1 saturated heterocycles. The molecule has 0 spiro atoms. The molecule has 1 aliphatic heterocycles. The maximum absolute atomic E-state index is 5.72. The van der Waals surface area contributed by atoms with E-state index in [2.05, 4.69) is 11.4 Å². The van der Waals surface area contributed by atoms with Crippen molar-refractivity contribution in [2.24, 2.45) is 5.73 Å². The number of nitrogens with one attached hydrogen (secondary N) is 1. The van der Waals surface area contributed by atoms with Gasteiger partial charge in [0.2, 0.25) is 0 Å². The number of ether oxygens (including phenoxy) is 1. The van der Waals surface area contributed by atoms with Gasteiger partial charge < -0.3 is 15.8 Å². The Bertz CT molecular complexity index is 400. The normalized spacial score (nSPS) is 19.7. The van der Waals surface area contributed by atoms with E-state index < -0.39 is 0 Å². The van der Waals surface area contributed by atoms with Crippen LogP contribution in [0.4, 0.5) is 5.69 Å². The van der Waals surface area contributed by atoms with Crippen LogP contribution in [0.5, 0.6) is 0 Å². The zero-order valence-electron chi connectivity index (χ0n) is 9.32. The molecule has 0 amide bonds. The van der Waals surface area contributed by atoms with Gasteiger partial charge in [-0.05, 0) is 25.5 Å². The Morgan fingerprint density at radius 3 is 3.00 bits per heavy atom. The van der Waals surface area contributed by atoms with Gasteiger partial charge in [-0.1, -0.05) is 23.8 Å². The molecule has 1 aromatic rings. The summed E-state index contributed by atoms with van der Waals surface area (Å²) in [6.45, 7) is 3.61. The van der Waals surface area contributed by atoms with Gasteiger partial charge in [0, 0.05) is 17.9 Å². The Balaban J connectivity index is 2.21. The first-order valence-electron chi connectivity index (χ1n) is 5.41. The largest absolute Gasteiger partial charge is 0.389 e. The van der Waals surface area contributed by atoms with Gasteiger partial charge in [0.1, 0.15) is 4.99 Å². The van der Waals surface area contributed by atoms with Crippen LogP contribution in [0, 0.1) is 6.92 Å². The number of rotatable bonds is 3. The number of hydrogen-bond donors (Lipinski definition) is 2. The number of nitrogens with two attached hydrogens (primary N) is 1. The van der Waals surface area contributed by atoms with Crippen molar-refractivity contribution in [3.05, 3.63) is 29.3 Å². The first-order valence-corrected chi connectivity index (χ1v) is 5.82. The maximum Gasteiger partial charge on any atom is 0.106 e. The second kappa shape index (κ2) is 4.80.